The van der Waals surface area contributed by atoms with E-state index in [-0.39, 0.29) is 31.3 Å². The summed E-state index contributed by atoms with van der Waals surface area (Å²) in [4.78, 5) is 26.1. The first-order valence-corrected chi connectivity index (χ1v) is 25.5. The Balaban J connectivity index is 4.75. The maximum absolute atomic E-state index is 13.2. The van der Waals surface area contributed by atoms with Gasteiger partial charge in [0.25, 0.3) is 0 Å². The number of carbonyl (C=O) groups is 2. The van der Waals surface area contributed by atoms with Crippen molar-refractivity contribution in [3.8, 4) is 0 Å². The summed E-state index contributed by atoms with van der Waals surface area (Å²) < 4.78 is 5.87. The molecule has 0 aliphatic heterocycles. The van der Waals surface area contributed by atoms with E-state index in [1.165, 1.54) is 103 Å². The normalized spacial score (nSPS) is 14.1. The summed E-state index contributed by atoms with van der Waals surface area (Å²) in [7, 11) is 0. The summed E-state index contributed by atoms with van der Waals surface area (Å²) in [5.41, 5.74) is 0. The standard InChI is InChI=1S/C56H95NO5/c1-4-7-10-13-16-19-22-25-27-30-32-35-38-41-44-47-52(62-56(61)49-46-43-40-37-34-29-24-21-18-15-12-9-6-3)50-55(60)57-53(51-58)54(59)48-45-42-39-36-33-31-28-26-23-20-17-14-11-8-5-2/h9,12,15-16,18-19,21,24-25,27,29,32,34-35,37,40,52-54,58-59H,4-8,10-11,13-14,17,20,22-23,26,28,30-31,33,36,38-39,41-51H2,1-3H3,(H,57,60)/b12-9+,18-15+,19-16-,24-21-,27-25-,34-29-,35-32-,40-37+. The third kappa shape index (κ3) is 43.4. The van der Waals surface area contributed by atoms with E-state index in [0.29, 0.717) is 19.3 Å². The van der Waals surface area contributed by atoms with Crippen molar-refractivity contribution in [3.63, 3.8) is 0 Å². The van der Waals surface area contributed by atoms with Gasteiger partial charge in [-0.25, -0.2) is 0 Å². The molecule has 354 valence electrons. The number of esters is 1. The van der Waals surface area contributed by atoms with Crippen LogP contribution in [0.15, 0.2) is 97.2 Å². The highest BCUT2D eigenvalue weighted by atomic mass is 16.5. The van der Waals surface area contributed by atoms with Gasteiger partial charge in [-0.3, -0.25) is 9.59 Å². The van der Waals surface area contributed by atoms with Crippen molar-refractivity contribution >= 4 is 11.9 Å². The number of hydrogen-bond donors (Lipinski definition) is 3. The Morgan fingerprint density at radius 2 is 0.935 bits per heavy atom. The van der Waals surface area contributed by atoms with E-state index >= 15 is 0 Å². The quantitative estimate of drug-likeness (QED) is 0.0245. The Morgan fingerprint density at radius 1 is 0.500 bits per heavy atom. The zero-order valence-electron chi connectivity index (χ0n) is 40.2. The number of ether oxygens (including phenoxy) is 1. The van der Waals surface area contributed by atoms with E-state index < -0.39 is 18.2 Å². The summed E-state index contributed by atoms with van der Waals surface area (Å²) >= 11 is 0. The third-order valence-corrected chi connectivity index (χ3v) is 11.0. The van der Waals surface area contributed by atoms with Crippen LogP contribution in [-0.4, -0.2) is 46.9 Å². The van der Waals surface area contributed by atoms with Crippen molar-refractivity contribution in [2.75, 3.05) is 6.61 Å². The predicted octanol–water partition coefficient (Wildman–Crippen LogP) is 15.3. The van der Waals surface area contributed by atoms with E-state index in [1.807, 2.05) is 54.7 Å². The van der Waals surface area contributed by atoms with Gasteiger partial charge in [-0.2, -0.15) is 0 Å². The lowest BCUT2D eigenvalue weighted by atomic mass is 10.0. The number of allylic oxidation sites excluding steroid dienone is 16. The summed E-state index contributed by atoms with van der Waals surface area (Å²) in [6.07, 6.45) is 64.7. The molecular formula is C56H95NO5. The van der Waals surface area contributed by atoms with Gasteiger partial charge in [-0.05, 0) is 77.0 Å². The van der Waals surface area contributed by atoms with Crippen LogP contribution in [0.5, 0.6) is 0 Å². The highest BCUT2D eigenvalue weighted by molar-refractivity contribution is 5.77. The Morgan fingerprint density at radius 3 is 1.47 bits per heavy atom. The van der Waals surface area contributed by atoms with Gasteiger partial charge in [0, 0.05) is 6.42 Å². The fraction of sp³-hybridized carbons (Fsp3) is 0.679. The van der Waals surface area contributed by atoms with Crippen molar-refractivity contribution in [3.05, 3.63) is 97.2 Å². The molecule has 6 heteroatoms. The zero-order valence-corrected chi connectivity index (χ0v) is 40.2. The van der Waals surface area contributed by atoms with Crippen LogP contribution in [0, 0.1) is 0 Å². The molecule has 0 aromatic rings. The van der Waals surface area contributed by atoms with Gasteiger partial charge >= 0.3 is 5.97 Å². The van der Waals surface area contributed by atoms with Crippen molar-refractivity contribution in [1.29, 1.82) is 0 Å². The minimum Gasteiger partial charge on any atom is -0.462 e. The fourth-order valence-electron chi connectivity index (χ4n) is 7.17. The van der Waals surface area contributed by atoms with Gasteiger partial charge in [0.2, 0.25) is 5.91 Å². The van der Waals surface area contributed by atoms with Crippen molar-refractivity contribution in [1.82, 2.24) is 5.32 Å². The van der Waals surface area contributed by atoms with E-state index in [2.05, 4.69) is 68.6 Å². The number of aliphatic hydroxyl groups is 2. The number of unbranched alkanes of at least 4 members (excludes halogenated alkanes) is 20. The zero-order chi connectivity index (χ0) is 45.2. The molecule has 3 unspecified atom stereocenters. The van der Waals surface area contributed by atoms with Gasteiger partial charge in [0.1, 0.15) is 6.10 Å². The average Bonchev–Trinajstić information content (AvgIpc) is 3.26. The lowest BCUT2D eigenvalue weighted by molar-refractivity contribution is -0.151. The largest absolute Gasteiger partial charge is 0.462 e. The number of hydrogen-bond acceptors (Lipinski definition) is 5. The molecule has 0 radical (unpaired) electrons. The second-order valence-corrected chi connectivity index (χ2v) is 17.0. The van der Waals surface area contributed by atoms with Crippen molar-refractivity contribution < 1.29 is 24.5 Å². The van der Waals surface area contributed by atoms with Gasteiger partial charge < -0.3 is 20.3 Å². The highest BCUT2D eigenvalue weighted by Gasteiger charge is 2.24. The second kappa shape index (κ2) is 48.8. The molecule has 3 atom stereocenters. The van der Waals surface area contributed by atoms with Crippen LogP contribution in [0.25, 0.3) is 0 Å². The molecule has 0 rings (SSSR count). The molecule has 0 aromatic heterocycles. The number of aliphatic hydroxyl groups excluding tert-OH is 2. The van der Waals surface area contributed by atoms with Crippen molar-refractivity contribution in [2.45, 2.75) is 238 Å². The minimum absolute atomic E-state index is 0.0178. The summed E-state index contributed by atoms with van der Waals surface area (Å²) in [6.45, 7) is 6.28. The van der Waals surface area contributed by atoms with Crippen LogP contribution in [0.3, 0.4) is 0 Å². The smallest absolute Gasteiger partial charge is 0.306 e. The van der Waals surface area contributed by atoms with E-state index in [4.69, 9.17) is 4.74 Å². The Hall–Kier alpha value is -3.22. The fourth-order valence-corrected chi connectivity index (χ4v) is 7.17. The molecule has 0 fully saturated rings. The number of nitrogens with one attached hydrogen (secondary N) is 1. The van der Waals surface area contributed by atoms with E-state index in [9.17, 15) is 19.8 Å². The first kappa shape index (κ1) is 58.8. The molecule has 0 heterocycles. The Labute approximate surface area is 382 Å². The molecule has 6 nitrogen and oxygen atoms in total. The minimum atomic E-state index is -0.815. The molecular weight excluding hydrogens is 767 g/mol. The molecule has 62 heavy (non-hydrogen) atoms. The van der Waals surface area contributed by atoms with E-state index in [0.717, 1.165) is 64.2 Å². The van der Waals surface area contributed by atoms with Crippen LogP contribution in [0.2, 0.25) is 0 Å². The summed E-state index contributed by atoms with van der Waals surface area (Å²) in [6, 6.07) is -0.734. The monoisotopic (exact) mass is 862 g/mol. The first-order chi connectivity index (χ1) is 30.5. The molecule has 3 N–H and O–H groups in total. The maximum Gasteiger partial charge on any atom is 0.306 e. The molecule has 0 aliphatic carbocycles. The topological polar surface area (TPSA) is 95.9 Å². The maximum atomic E-state index is 13.2. The van der Waals surface area contributed by atoms with Gasteiger partial charge in [-0.15, -0.1) is 0 Å². The molecule has 0 bridgehead atoms. The summed E-state index contributed by atoms with van der Waals surface area (Å²) in [5.74, 6) is -0.607. The van der Waals surface area contributed by atoms with Crippen LogP contribution >= 0.6 is 0 Å². The lowest BCUT2D eigenvalue weighted by Crippen LogP contribution is -2.46. The van der Waals surface area contributed by atoms with E-state index in [1.54, 1.807) is 0 Å². The molecule has 0 spiro atoms. The predicted molar refractivity (Wildman–Crippen MR) is 268 cm³/mol. The highest BCUT2D eigenvalue weighted by Crippen LogP contribution is 2.17. The van der Waals surface area contributed by atoms with Gasteiger partial charge in [-0.1, -0.05) is 227 Å². The van der Waals surface area contributed by atoms with Gasteiger partial charge in [0.15, 0.2) is 0 Å². The summed E-state index contributed by atoms with van der Waals surface area (Å²) in [5, 5.41) is 23.8. The van der Waals surface area contributed by atoms with Crippen LogP contribution in [0.1, 0.15) is 220 Å². The third-order valence-electron chi connectivity index (χ3n) is 11.0. The second-order valence-electron chi connectivity index (χ2n) is 17.0. The number of amides is 1. The number of rotatable bonds is 44. The molecule has 0 saturated carbocycles. The van der Waals surface area contributed by atoms with Gasteiger partial charge in [0.05, 0.1) is 25.2 Å². The van der Waals surface area contributed by atoms with Crippen LogP contribution in [-0.2, 0) is 14.3 Å². The van der Waals surface area contributed by atoms with Crippen molar-refractivity contribution in [2.24, 2.45) is 0 Å². The number of carbonyl (C=O) groups excluding carboxylic acids is 2. The van der Waals surface area contributed by atoms with Crippen LogP contribution < -0.4 is 5.32 Å². The average molecular weight is 862 g/mol. The molecule has 0 aromatic carbocycles. The SMILES string of the molecule is CC/C=C/C=C/C=C\C=C/C=C/CCCC(=O)OC(CCCC/C=C\C/C=C\C/C=C\CCCCC)CC(=O)NC(CO)C(O)CCCCCCCCCCCCCCCCC. The Bertz CT molecular complexity index is 1240. The molecule has 1 amide bonds. The first-order valence-electron chi connectivity index (χ1n) is 25.5. The van der Waals surface area contributed by atoms with Crippen LogP contribution in [0.4, 0.5) is 0 Å². The lowest BCUT2D eigenvalue weighted by Gasteiger charge is -2.24. The molecule has 0 aliphatic rings. The Kier molecular flexibility index (Phi) is 46.3. The molecule has 0 saturated heterocycles.